The van der Waals surface area contributed by atoms with Gasteiger partial charge in [0.1, 0.15) is 5.75 Å². The van der Waals surface area contributed by atoms with Crippen LogP contribution in [0, 0.1) is 11.8 Å². The summed E-state index contributed by atoms with van der Waals surface area (Å²) in [5.41, 5.74) is 8.48. The van der Waals surface area contributed by atoms with E-state index in [2.05, 4.69) is 18.0 Å². The molecule has 34 heavy (non-hydrogen) atoms. The molecule has 4 rings (SSSR count). The lowest BCUT2D eigenvalue weighted by Gasteiger charge is -2.36. The number of hydrogen-bond acceptors (Lipinski definition) is 4. The van der Waals surface area contributed by atoms with Crippen LogP contribution in [0.2, 0.25) is 0 Å². The van der Waals surface area contributed by atoms with Gasteiger partial charge in [-0.25, -0.2) is 0 Å². The van der Waals surface area contributed by atoms with Crippen LogP contribution >= 0.6 is 0 Å². The zero-order valence-electron chi connectivity index (χ0n) is 19.4. The second-order valence-electron chi connectivity index (χ2n) is 8.61. The van der Waals surface area contributed by atoms with Crippen molar-refractivity contribution in [1.82, 2.24) is 0 Å². The van der Waals surface area contributed by atoms with E-state index < -0.39 is 6.10 Å². The Balaban J connectivity index is 1.40. The topological polar surface area (TPSA) is 47.9 Å². The lowest BCUT2D eigenvalue weighted by atomic mass is 9.84. The largest absolute Gasteiger partial charge is 0.465 e. The molecular weight excluding hydrogens is 424 g/mol. The average Bonchev–Trinajstić information content (AvgIpc) is 2.88. The molecule has 4 heteroatoms. The molecule has 2 fully saturated rings. The molecule has 0 aromatic heterocycles. The molecule has 4 nitrogen and oxygen atoms in total. The van der Waals surface area contributed by atoms with Crippen molar-refractivity contribution in [2.45, 2.75) is 37.8 Å². The van der Waals surface area contributed by atoms with Crippen LogP contribution in [0.3, 0.4) is 0 Å². The maximum atomic E-state index is 11.0. The first kappa shape index (κ1) is 24.0. The Hall–Kier alpha value is -3.10. The van der Waals surface area contributed by atoms with E-state index in [1.807, 2.05) is 78.9 Å². The predicted molar refractivity (Wildman–Crippen MR) is 135 cm³/mol. The molecule has 176 valence electrons. The Labute approximate surface area is 202 Å². The number of aliphatic hydroxyl groups is 1. The first-order chi connectivity index (χ1) is 16.7. The third-order valence-electron chi connectivity index (χ3n) is 6.11. The van der Waals surface area contributed by atoms with Gasteiger partial charge in [0.15, 0.2) is 6.29 Å². The van der Waals surface area contributed by atoms with Crippen LogP contribution in [0.4, 0.5) is 0 Å². The minimum atomic E-state index is -0.611. The van der Waals surface area contributed by atoms with Gasteiger partial charge in [0.2, 0.25) is 0 Å². The van der Waals surface area contributed by atoms with Crippen molar-refractivity contribution in [1.29, 1.82) is 0 Å². The maximum Gasteiger partial charge on any atom is 0.199 e. The Morgan fingerprint density at radius 3 is 2.35 bits per heavy atom. The van der Waals surface area contributed by atoms with Gasteiger partial charge in [-0.15, -0.1) is 18.0 Å². The number of rotatable bonds is 7. The fourth-order valence-electron chi connectivity index (χ4n) is 4.15. The van der Waals surface area contributed by atoms with Crippen molar-refractivity contribution in [2.75, 3.05) is 13.2 Å². The monoisotopic (exact) mass is 456 g/mol. The Morgan fingerprint density at radius 1 is 0.912 bits per heavy atom. The van der Waals surface area contributed by atoms with E-state index in [9.17, 15) is 5.11 Å². The molecule has 2 saturated heterocycles. The Bertz CT molecular complexity index is 1040. The molecule has 0 spiro atoms. The summed E-state index contributed by atoms with van der Waals surface area (Å²) < 4.78 is 17.5. The van der Waals surface area contributed by atoms with Gasteiger partial charge in [0.25, 0.3) is 0 Å². The van der Waals surface area contributed by atoms with Crippen LogP contribution in [-0.4, -0.2) is 36.8 Å². The van der Waals surface area contributed by atoms with Crippen LogP contribution in [0.25, 0.3) is 12.2 Å². The molecule has 2 aliphatic heterocycles. The second-order valence-corrected chi connectivity index (χ2v) is 8.61. The minimum absolute atomic E-state index is 0.150. The Kier molecular flexibility index (Phi) is 8.76. The summed E-state index contributed by atoms with van der Waals surface area (Å²) in [5, 5.41) is 11.0. The molecule has 1 N–H and O–H groups in total. The molecule has 0 aliphatic carbocycles. The zero-order valence-corrected chi connectivity index (χ0v) is 19.4. The molecule has 0 saturated carbocycles. The van der Waals surface area contributed by atoms with Crippen molar-refractivity contribution in [3.8, 4) is 5.75 Å². The molecular formula is C30H32O4. The Morgan fingerprint density at radius 2 is 1.65 bits per heavy atom. The third kappa shape index (κ3) is 6.71. The van der Waals surface area contributed by atoms with Crippen molar-refractivity contribution in [2.24, 2.45) is 11.8 Å². The van der Waals surface area contributed by atoms with Crippen molar-refractivity contribution >= 4 is 12.2 Å². The van der Waals surface area contributed by atoms with E-state index in [4.69, 9.17) is 14.2 Å². The van der Waals surface area contributed by atoms with Gasteiger partial charge < -0.3 is 19.3 Å². The standard InChI is InChI=1S/C30H32O4/c1-2-28-27(30(31)25(22-33-28)14-8-12-23-10-4-3-5-11-23)15-9-13-24-17-19-26(20-18-24)34-29-16-6-7-21-32-29/h2-5,10-15,17-20,25,27-31H,1,6-7,16,21-22H2. The SMILES string of the molecule is C=CC1OCC(C=C=Cc2ccccc2)C(O)C1C=C=Cc1ccc(OC2CCCCO2)cc1. The average molecular weight is 457 g/mol. The zero-order chi connectivity index (χ0) is 23.6. The first-order valence-corrected chi connectivity index (χ1v) is 11.9. The van der Waals surface area contributed by atoms with Gasteiger partial charge in [0.05, 0.1) is 25.4 Å². The summed E-state index contributed by atoms with van der Waals surface area (Å²) in [6.45, 7) is 5.06. The van der Waals surface area contributed by atoms with Gasteiger partial charge in [-0.3, -0.25) is 0 Å². The van der Waals surface area contributed by atoms with E-state index in [1.165, 1.54) is 0 Å². The van der Waals surface area contributed by atoms with Gasteiger partial charge in [-0.1, -0.05) is 48.5 Å². The number of ether oxygens (including phenoxy) is 3. The smallest absolute Gasteiger partial charge is 0.199 e. The van der Waals surface area contributed by atoms with E-state index >= 15 is 0 Å². The van der Waals surface area contributed by atoms with Crippen molar-refractivity contribution in [3.05, 3.63) is 102 Å². The van der Waals surface area contributed by atoms with E-state index in [-0.39, 0.29) is 24.2 Å². The molecule has 2 heterocycles. The molecule has 5 atom stereocenters. The highest BCUT2D eigenvalue weighted by atomic mass is 16.7. The summed E-state index contributed by atoms with van der Waals surface area (Å²) in [5.74, 6) is 0.403. The quantitative estimate of drug-likeness (QED) is 0.422. The number of benzene rings is 2. The summed E-state index contributed by atoms with van der Waals surface area (Å²) in [4.78, 5) is 0. The van der Waals surface area contributed by atoms with E-state index in [0.717, 1.165) is 42.7 Å². The van der Waals surface area contributed by atoms with E-state index in [0.29, 0.717) is 6.61 Å². The number of hydrogen-bond donors (Lipinski definition) is 1. The third-order valence-corrected chi connectivity index (χ3v) is 6.11. The van der Waals surface area contributed by atoms with Crippen LogP contribution in [0.5, 0.6) is 5.75 Å². The van der Waals surface area contributed by atoms with Crippen molar-refractivity contribution in [3.63, 3.8) is 0 Å². The van der Waals surface area contributed by atoms with Gasteiger partial charge >= 0.3 is 0 Å². The molecule has 0 bridgehead atoms. The summed E-state index contributed by atoms with van der Waals surface area (Å²) >= 11 is 0. The lowest BCUT2D eigenvalue weighted by Crippen LogP contribution is -2.43. The highest BCUT2D eigenvalue weighted by molar-refractivity contribution is 5.50. The van der Waals surface area contributed by atoms with Crippen molar-refractivity contribution < 1.29 is 19.3 Å². The molecule has 0 amide bonds. The molecule has 2 aromatic carbocycles. The van der Waals surface area contributed by atoms with Gasteiger partial charge in [-0.2, -0.15) is 0 Å². The van der Waals surface area contributed by atoms with Crippen LogP contribution in [0.1, 0.15) is 30.4 Å². The summed E-state index contributed by atoms with van der Waals surface area (Å²) in [7, 11) is 0. The lowest BCUT2D eigenvalue weighted by molar-refractivity contribution is -0.105. The summed E-state index contributed by atoms with van der Waals surface area (Å²) in [6, 6.07) is 17.8. The van der Waals surface area contributed by atoms with Crippen LogP contribution in [-0.2, 0) is 9.47 Å². The molecule has 2 aromatic rings. The first-order valence-electron chi connectivity index (χ1n) is 11.9. The number of aliphatic hydroxyl groups excluding tert-OH is 1. The maximum absolute atomic E-state index is 11.0. The predicted octanol–water partition coefficient (Wildman–Crippen LogP) is 5.81. The highest BCUT2D eigenvalue weighted by Gasteiger charge is 2.35. The van der Waals surface area contributed by atoms with E-state index in [1.54, 1.807) is 6.08 Å². The molecule has 2 aliphatic rings. The molecule has 5 unspecified atom stereocenters. The van der Waals surface area contributed by atoms with Crippen LogP contribution < -0.4 is 4.74 Å². The second kappa shape index (κ2) is 12.4. The van der Waals surface area contributed by atoms with Gasteiger partial charge in [0, 0.05) is 18.3 Å². The molecule has 0 radical (unpaired) electrons. The van der Waals surface area contributed by atoms with Crippen LogP contribution in [0.15, 0.2) is 90.9 Å². The fourth-order valence-corrected chi connectivity index (χ4v) is 4.15. The highest BCUT2D eigenvalue weighted by Crippen LogP contribution is 2.28. The minimum Gasteiger partial charge on any atom is -0.465 e. The fraction of sp³-hybridized carbons (Fsp3) is 0.333. The van der Waals surface area contributed by atoms with Gasteiger partial charge in [-0.05, 0) is 60.4 Å². The summed E-state index contributed by atoms with van der Waals surface area (Å²) in [6.07, 6.45) is 11.4. The normalized spacial score (nSPS) is 26.3.